The third kappa shape index (κ3) is 6.07. The van der Waals surface area contributed by atoms with Crippen LogP contribution in [-0.2, 0) is 25.4 Å². The first-order valence-electron chi connectivity index (χ1n) is 12.6. The molecule has 0 spiro atoms. The summed E-state index contributed by atoms with van der Waals surface area (Å²) in [5.74, 6) is -1.24. The molecule has 0 bridgehead atoms. The first-order valence-corrected chi connectivity index (χ1v) is 12.9. The number of hydrogen-bond donors (Lipinski definition) is 0. The Bertz CT molecular complexity index is 1070. The highest BCUT2D eigenvalue weighted by molar-refractivity contribution is 6.30. The molecule has 1 unspecified atom stereocenters. The van der Waals surface area contributed by atoms with Gasteiger partial charge in [-0.1, -0.05) is 42.8 Å². The molecule has 2 heterocycles. The summed E-state index contributed by atoms with van der Waals surface area (Å²) < 4.78 is 31.5. The number of hydrogen-bond acceptors (Lipinski definition) is 5. The lowest BCUT2D eigenvalue weighted by Crippen LogP contribution is -2.43. The Kier molecular flexibility index (Phi) is 8.65. The fraction of sp³-hybridized carbons (Fsp3) is 0.500. The summed E-state index contributed by atoms with van der Waals surface area (Å²) in [5, 5.41) is 0.457. The fourth-order valence-electron chi connectivity index (χ4n) is 4.91. The van der Waals surface area contributed by atoms with Crippen molar-refractivity contribution in [1.29, 1.82) is 0 Å². The SMILES string of the molecule is CC(C)OC(=O)N1C(=O)[C@@H](C)[C@H](COC2CCCCO2)[C@H]1Cc1ccc(-c2cc(Cl)ccc2F)cc1. The predicted molar refractivity (Wildman–Crippen MR) is 135 cm³/mol. The Labute approximate surface area is 216 Å². The summed E-state index contributed by atoms with van der Waals surface area (Å²) in [6.45, 7) is 6.31. The van der Waals surface area contributed by atoms with Crippen LogP contribution in [0.3, 0.4) is 0 Å². The van der Waals surface area contributed by atoms with Gasteiger partial charge in [0.1, 0.15) is 5.82 Å². The van der Waals surface area contributed by atoms with E-state index in [1.165, 1.54) is 17.0 Å². The van der Waals surface area contributed by atoms with Crippen LogP contribution in [0, 0.1) is 17.7 Å². The molecule has 0 aliphatic carbocycles. The maximum atomic E-state index is 14.3. The van der Waals surface area contributed by atoms with Crippen molar-refractivity contribution in [2.24, 2.45) is 11.8 Å². The van der Waals surface area contributed by atoms with E-state index in [1.54, 1.807) is 19.9 Å². The van der Waals surface area contributed by atoms with Crippen LogP contribution in [0.15, 0.2) is 42.5 Å². The van der Waals surface area contributed by atoms with Crippen LogP contribution in [-0.4, -0.2) is 48.5 Å². The van der Waals surface area contributed by atoms with Gasteiger partial charge in [-0.25, -0.2) is 14.1 Å². The molecule has 4 atom stereocenters. The zero-order valence-corrected chi connectivity index (χ0v) is 21.7. The largest absolute Gasteiger partial charge is 0.446 e. The quantitative estimate of drug-likeness (QED) is 0.435. The van der Waals surface area contributed by atoms with Gasteiger partial charge in [0.2, 0.25) is 5.91 Å². The standard InChI is InChI=1S/C28H33ClFNO5/c1-17(2)36-28(33)31-25(23(18(3)27(31)32)16-35-26-6-4-5-13-34-26)14-19-7-9-20(10-8-19)22-15-21(29)11-12-24(22)30/h7-12,15,17-18,23,25-26H,4-6,13-14,16H2,1-3H3/t18-,23-,25+,26?/m0/s1. The zero-order chi connectivity index (χ0) is 25.8. The molecule has 0 saturated carbocycles. The molecule has 0 radical (unpaired) electrons. The molecule has 194 valence electrons. The van der Waals surface area contributed by atoms with Crippen molar-refractivity contribution < 1.29 is 28.2 Å². The van der Waals surface area contributed by atoms with Gasteiger partial charge in [-0.2, -0.15) is 0 Å². The van der Waals surface area contributed by atoms with Crippen LogP contribution in [0.4, 0.5) is 9.18 Å². The molecule has 2 fully saturated rings. The van der Waals surface area contributed by atoms with Gasteiger partial charge < -0.3 is 14.2 Å². The molecule has 0 aromatic heterocycles. The maximum absolute atomic E-state index is 14.3. The topological polar surface area (TPSA) is 65.1 Å². The smallest absolute Gasteiger partial charge is 0.417 e. The third-order valence-electron chi connectivity index (χ3n) is 6.88. The lowest BCUT2D eigenvalue weighted by atomic mass is 9.88. The highest BCUT2D eigenvalue weighted by atomic mass is 35.5. The summed E-state index contributed by atoms with van der Waals surface area (Å²) in [6, 6.07) is 11.4. The molecule has 2 aromatic carbocycles. The van der Waals surface area contributed by atoms with Crippen molar-refractivity contribution >= 4 is 23.6 Å². The van der Waals surface area contributed by atoms with Gasteiger partial charge in [0.25, 0.3) is 0 Å². The number of benzene rings is 2. The number of halogens is 2. The monoisotopic (exact) mass is 517 g/mol. The van der Waals surface area contributed by atoms with Crippen LogP contribution >= 0.6 is 11.6 Å². The van der Waals surface area contributed by atoms with Gasteiger partial charge >= 0.3 is 6.09 Å². The van der Waals surface area contributed by atoms with E-state index in [0.29, 0.717) is 35.8 Å². The first kappa shape index (κ1) is 26.6. The molecule has 2 aliphatic rings. The molecule has 6 nitrogen and oxygen atoms in total. The maximum Gasteiger partial charge on any atom is 0.417 e. The average Bonchev–Trinajstić information content (AvgIpc) is 3.09. The highest BCUT2D eigenvalue weighted by Crippen LogP contribution is 2.35. The van der Waals surface area contributed by atoms with Gasteiger partial charge in [-0.3, -0.25) is 4.79 Å². The third-order valence-corrected chi connectivity index (χ3v) is 7.11. The van der Waals surface area contributed by atoms with Crippen molar-refractivity contribution in [3.05, 3.63) is 58.9 Å². The van der Waals surface area contributed by atoms with Crippen LogP contribution in [0.5, 0.6) is 0 Å². The van der Waals surface area contributed by atoms with E-state index in [4.69, 9.17) is 25.8 Å². The molecule has 4 rings (SSSR count). The Hall–Kier alpha value is -2.48. The van der Waals surface area contributed by atoms with E-state index >= 15 is 0 Å². The minimum atomic E-state index is -0.638. The molecule has 2 aliphatic heterocycles. The van der Waals surface area contributed by atoms with E-state index in [0.717, 1.165) is 24.8 Å². The van der Waals surface area contributed by atoms with Gasteiger partial charge in [0.05, 0.1) is 18.8 Å². The molecule has 2 saturated heterocycles. The van der Waals surface area contributed by atoms with E-state index in [-0.39, 0.29) is 30.0 Å². The zero-order valence-electron chi connectivity index (χ0n) is 20.9. The summed E-state index contributed by atoms with van der Waals surface area (Å²) in [6.07, 6.45) is 2.04. The Morgan fingerprint density at radius 2 is 1.94 bits per heavy atom. The van der Waals surface area contributed by atoms with Crippen molar-refractivity contribution in [3.8, 4) is 11.1 Å². The second-order valence-electron chi connectivity index (χ2n) is 9.82. The van der Waals surface area contributed by atoms with Crippen LogP contribution in [0.1, 0.15) is 45.6 Å². The van der Waals surface area contributed by atoms with Gasteiger partial charge in [0, 0.05) is 29.0 Å². The van der Waals surface area contributed by atoms with Gasteiger partial charge in [-0.15, -0.1) is 0 Å². The summed E-state index contributed by atoms with van der Waals surface area (Å²) in [5.41, 5.74) is 2.02. The number of amides is 2. The number of ether oxygens (including phenoxy) is 3. The van der Waals surface area contributed by atoms with E-state index in [1.807, 2.05) is 31.2 Å². The molecule has 2 amide bonds. The second kappa shape index (κ2) is 11.7. The van der Waals surface area contributed by atoms with E-state index in [2.05, 4.69) is 0 Å². The second-order valence-corrected chi connectivity index (χ2v) is 10.3. The van der Waals surface area contributed by atoms with Crippen LogP contribution in [0.25, 0.3) is 11.1 Å². The summed E-state index contributed by atoms with van der Waals surface area (Å²) in [4.78, 5) is 27.4. The van der Waals surface area contributed by atoms with Crippen molar-refractivity contribution in [2.75, 3.05) is 13.2 Å². The molecular weight excluding hydrogens is 485 g/mol. The Morgan fingerprint density at radius 1 is 1.19 bits per heavy atom. The van der Waals surface area contributed by atoms with Gasteiger partial charge in [-0.05, 0) is 68.9 Å². The van der Waals surface area contributed by atoms with Crippen molar-refractivity contribution in [2.45, 2.75) is 64.9 Å². The molecule has 0 N–H and O–H groups in total. The summed E-state index contributed by atoms with van der Waals surface area (Å²) in [7, 11) is 0. The molecule has 8 heteroatoms. The number of imide groups is 1. The Morgan fingerprint density at radius 3 is 2.61 bits per heavy atom. The van der Waals surface area contributed by atoms with Crippen molar-refractivity contribution in [3.63, 3.8) is 0 Å². The number of carbonyl (C=O) groups is 2. The van der Waals surface area contributed by atoms with E-state index in [9.17, 15) is 14.0 Å². The Balaban J connectivity index is 1.56. The van der Waals surface area contributed by atoms with Crippen molar-refractivity contribution in [1.82, 2.24) is 4.90 Å². The van der Waals surface area contributed by atoms with E-state index < -0.39 is 18.1 Å². The lowest BCUT2D eigenvalue weighted by molar-refractivity contribution is -0.171. The molecular formula is C28H33ClFNO5. The van der Waals surface area contributed by atoms with Crippen LogP contribution in [0.2, 0.25) is 5.02 Å². The molecule has 36 heavy (non-hydrogen) atoms. The first-order chi connectivity index (χ1) is 17.2. The fourth-order valence-corrected chi connectivity index (χ4v) is 5.09. The molecule has 2 aromatic rings. The number of nitrogens with zero attached hydrogens (tertiary/aromatic N) is 1. The lowest BCUT2D eigenvalue weighted by Gasteiger charge is -2.29. The van der Waals surface area contributed by atoms with Crippen LogP contribution < -0.4 is 0 Å². The van der Waals surface area contributed by atoms with Gasteiger partial charge in [0.15, 0.2) is 6.29 Å². The average molecular weight is 518 g/mol. The number of rotatable bonds is 7. The number of likely N-dealkylation sites (tertiary alicyclic amines) is 1. The normalized spacial score (nSPS) is 24.4. The predicted octanol–water partition coefficient (Wildman–Crippen LogP) is 6.24. The number of carbonyl (C=O) groups excluding carboxylic acids is 2. The minimum absolute atomic E-state index is 0.215. The highest BCUT2D eigenvalue weighted by Gasteiger charge is 2.49. The summed E-state index contributed by atoms with van der Waals surface area (Å²) >= 11 is 6.05. The minimum Gasteiger partial charge on any atom is -0.446 e.